The number of fused-ring (bicyclic) bond motifs is 1. The quantitative estimate of drug-likeness (QED) is 0.766. The van der Waals surface area contributed by atoms with Crippen LogP contribution in [0.3, 0.4) is 0 Å². The normalized spacial score (nSPS) is 25.6. The summed E-state index contributed by atoms with van der Waals surface area (Å²) in [6.07, 6.45) is 5.96. The van der Waals surface area contributed by atoms with E-state index in [4.69, 9.17) is 0 Å². The zero-order valence-corrected chi connectivity index (χ0v) is 18.4. The molecule has 0 unspecified atom stereocenters. The van der Waals surface area contributed by atoms with Crippen LogP contribution in [-0.4, -0.2) is 61.0 Å². The highest BCUT2D eigenvalue weighted by Crippen LogP contribution is 2.60. The Morgan fingerprint density at radius 1 is 0.774 bits per heavy atom. The van der Waals surface area contributed by atoms with Gasteiger partial charge in [0.15, 0.2) is 0 Å². The molecule has 4 nitrogen and oxygen atoms in total. The van der Waals surface area contributed by atoms with Crippen molar-refractivity contribution in [3.05, 3.63) is 65.7 Å². The number of nitrogens with zero attached hydrogens (tertiary/aromatic N) is 3. The molecule has 0 N–H and O–H groups in total. The molecule has 1 amide bonds. The maximum atomic E-state index is 13.3. The van der Waals surface area contributed by atoms with Crippen molar-refractivity contribution < 1.29 is 4.79 Å². The molecule has 1 saturated carbocycles. The third kappa shape index (κ3) is 3.55. The van der Waals surface area contributed by atoms with Crippen molar-refractivity contribution >= 4 is 11.6 Å². The highest BCUT2D eigenvalue weighted by Gasteiger charge is 2.59. The first kappa shape index (κ1) is 19.4. The van der Waals surface area contributed by atoms with E-state index in [9.17, 15) is 4.79 Å². The Labute approximate surface area is 185 Å². The van der Waals surface area contributed by atoms with Gasteiger partial charge >= 0.3 is 0 Å². The SMILES string of the molecule is O=C([C@@H]1CC12CCN(C1Cc3ccccc3C1)CC2)N1CCN(c2ccccc2)CC1. The molecule has 2 aromatic carbocycles. The summed E-state index contributed by atoms with van der Waals surface area (Å²) >= 11 is 0. The number of hydrogen-bond acceptors (Lipinski definition) is 3. The third-order valence-electron chi connectivity index (χ3n) is 8.54. The van der Waals surface area contributed by atoms with Crippen molar-refractivity contribution in [3.63, 3.8) is 0 Å². The van der Waals surface area contributed by atoms with E-state index >= 15 is 0 Å². The number of amides is 1. The van der Waals surface area contributed by atoms with Crippen LogP contribution in [0.1, 0.15) is 30.4 Å². The molecule has 0 aromatic heterocycles. The molecule has 162 valence electrons. The van der Waals surface area contributed by atoms with Gasteiger partial charge in [0.1, 0.15) is 0 Å². The molecule has 0 bridgehead atoms. The largest absolute Gasteiger partial charge is 0.368 e. The van der Waals surface area contributed by atoms with Gasteiger partial charge in [0.25, 0.3) is 0 Å². The van der Waals surface area contributed by atoms with E-state index in [0.717, 1.165) is 32.6 Å². The molecule has 1 atom stereocenters. The summed E-state index contributed by atoms with van der Waals surface area (Å²) in [6, 6.07) is 20.2. The topological polar surface area (TPSA) is 26.8 Å². The fourth-order valence-electron chi connectivity index (χ4n) is 6.42. The molecule has 2 heterocycles. The lowest BCUT2D eigenvalue weighted by Gasteiger charge is -2.38. The predicted molar refractivity (Wildman–Crippen MR) is 124 cm³/mol. The van der Waals surface area contributed by atoms with Crippen LogP contribution in [0, 0.1) is 11.3 Å². The van der Waals surface area contributed by atoms with Gasteiger partial charge in [-0.1, -0.05) is 42.5 Å². The number of anilines is 1. The van der Waals surface area contributed by atoms with E-state index in [2.05, 4.69) is 69.3 Å². The van der Waals surface area contributed by atoms with E-state index in [0.29, 0.717) is 23.3 Å². The molecule has 2 aliphatic heterocycles. The van der Waals surface area contributed by atoms with E-state index in [1.807, 2.05) is 0 Å². The zero-order chi connectivity index (χ0) is 20.8. The Kier molecular flexibility index (Phi) is 4.79. The molecule has 4 aliphatic rings. The first-order valence-electron chi connectivity index (χ1n) is 12.1. The van der Waals surface area contributed by atoms with Gasteiger partial charge in [0.05, 0.1) is 0 Å². The van der Waals surface area contributed by atoms with Crippen LogP contribution in [0.25, 0.3) is 0 Å². The van der Waals surface area contributed by atoms with Crippen molar-refractivity contribution in [1.29, 1.82) is 0 Å². The molecule has 1 spiro atoms. The fourth-order valence-corrected chi connectivity index (χ4v) is 6.42. The van der Waals surface area contributed by atoms with Gasteiger partial charge in [-0.15, -0.1) is 0 Å². The molecule has 6 rings (SSSR count). The van der Waals surface area contributed by atoms with Crippen molar-refractivity contribution in [2.45, 2.75) is 38.1 Å². The highest BCUT2D eigenvalue weighted by atomic mass is 16.2. The standard InChI is InChI=1S/C27H33N3O/c31-26(30-16-14-29(15-17-30)23-8-2-1-3-9-23)25-20-27(25)10-12-28(13-11-27)24-18-21-6-4-5-7-22(21)19-24/h1-9,24-25H,10-20H2/t25-/m0/s1. The maximum Gasteiger partial charge on any atom is 0.226 e. The number of piperazine rings is 1. The van der Waals surface area contributed by atoms with Crippen molar-refractivity contribution in [3.8, 4) is 0 Å². The molecule has 31 heavy (non-hydrogen) atoms. The maximum absolute atomic E-state index is 13.3. The minimum absolute atomic E-state index is 0.290. The second-order valence-corrected chi connectivity index (χ2v) is 10.1. The zero-order valence-electron chi connectivity index (χ0n) is 18.4. The summed E-state index contributed by atoms with van der Waals surface area (Å²) < 4.78 is 0. The monoisotopic (exact) mass is 415 g/mol. The smallest absolute Gasteiger partial charge is 0.226 e. The molecule has 4 heteroatoms. The molecular weight excluding hydrogens is 382 g/mol. The Balaban J connectivity index is 1.01. The molecular formula is C27H33N3O. The lowest BCUT2D eigenvalue weighted by atomic mass is 9.89. The minimum atomic E-state index is 0.290. The number of piperidine rings is 1. The van der Waals surface area contributed by atoms with Crippen LogP contribution in [0.5, 0.6) is 0 Å². The van der Waals surface area contributed by atoms with Gasteiger partial charge in [-0.3, -0.25) is 9.69 Å². The first-order chi connectivity index (χ1) is 15.2. The van der Waals surface area contributed by atoms with Gasteiger partial charge in [0, 0.05) is 43.8 Å². The van der Waals surface area contributed by atoms with Crippen LogP contribution in [0.4, 0.5) is 5.69 Å². The van der Waals surface area contributed by atoms with Gasteiger partial charge in [-0.2, -0.15) is 0 Å². The summed E-state index contributed by atoms with van der Waals surface area (Å²) in [7, 11) is 0. The van der Waals surface area contributed by atoms with Crippen LogP contribution in [0.15, 0.2) is 54.6 Å². The number of benzene rings is 2. The average Bonchev–Trinajstić information content (AvgIpc) is 3.34. The minimum Gasteiger partial charge on any atom is -0.368 e. The van der Waals surface area contributed by atoms with Crippen LogP contribution < -0.4 is 4.90 Å². The van der Waals surface area contributed by atoms with E-state index in [1.165, 1.54) is 44.5 Å². The molecule has 3 fully saturated rings. The molecule has 2 aromatic rings. The number of carbonyl (C=O) groups excluding carboxylic acids is 1. The van der Waals surface area contributed by atoms with E-state index in [1.54, 1.807) is 11.1 Å². The van der Waals surface area contributed by atoms with Crippen LogP contribution >= 0.6 is 0 Å². The van der Waals surface area contributed by atoms with E-state index < -0.39 is 0 Å². The second kappa shape index (κ2) is 7.67. The number of carbonyl (C=O) groups is 1. The molecule has 0 radical (unpaired) electrons. The molecule has 2 aliphatic carbocycles. The van der Waals surface area contributed by atoms with Gasteiger partial charge in [-0.05, 0) is 73.9 Å². The Morgan fingerprint density at radius 2 is 1.39 bits per heavy atom. The summed E-state index contributed by atoms with van der Waals surface area (Å²) in [6.45, 7) is 5.98. The summed E-state index contributed by atoms with van der Waals surface area (Å²) in [5.41, 5.74) is 4.68. The Hall–Kier alpha value is -2.33. The Morgan fingerprint density at radius 3 is 2.03 bits per heavy atom. The number of rotatable bonds is 3. The third-order valence-corrected chi connectivity index (χ3v) is 8.54. The molecule has 2 saturated heterocycles. The summed E-state index contributed by atoms with van der Waals surface area (Å²) in [5, 5.41) is 0. The second-order valence-electron chi connectivity index (χ2n) is 10.1. The Bertz CT molecular complexity index is 917. The first-order valence-corrected chi connectivity index (χ1v) is 12.1. The van der Waals surface area contributed by atoms with Gasteiger partial charge in [-0.25, -0.2) is 0 Å². The van der Waals surface area contributed by atoms with Crippen molar-refractivity contribution in [1.82, 2.24) is 9.80 Å². The van der Waals surface area contributed by atoms with Crippen molar-refractivity contribution in [2.75, 3.05) is 44.2 Å². The lowest BCUT2D eigenvalue weighted by molar-refractivity contribution is -0.134. The van der Waals surface area contributed by atoms with Crippen molar-refractivity contribution in [2.24, 2.45) is 11.3 Å². The number of hydrogen-bond donors (Lipinski definition) is 0. The predicted octanol–water partition coefficient (Wildman–Crippen LogP) is 3.60. The van der Waals surface area contributed by atoms with Crippen LogP contribution in [-0.2, 0) is 17.6 Å². The van der Waals surface area contributed by atoms with Gasteiger partial charge < -0.3 is 9.80 Å². The summed E-state index contributed by atoms with van der Waals surface area (Å²) in [5.74, 6) is 0.730. The fraction of sp³-hybridized carbons (Fsp3) is 0.519. The number of para-hydroxylation sites is 1. The lowest BCUT2D eigenvalue weighted by Crippen LogP contribution is -2.50. The number of likely N-dealkylation sites (tertiary alicyclic amines) is 1. The van der Waals surface area contributed by atoms with E-state index in [-0.39, 0.29) is 0 Å². The highest BCUT2D eigenvalue weighted by molar-refractivity contribution is 5.83. The average molecular weight is 416 g/mol. The van der Waals surface area contributed by atoms with Crippen LogP contribution in [0.2, 0.25) is 0 Å². The van der Waals surface area contributed by atoms with Gasteiger partial charge in [0.2, 0.25) is 5.91 Å². The summed E-state index contributed by atoms with van der Waals surface area (Å²) in [4.78, 5) is 20.5.